The summed E-state index contributed by atoms with van der Waals surface area (Å²) in [6, 6.07) is 28.3. The van der Waals surface area contributed by atoms with Gasteiger partial charge in [-0.25, -0.2) is 0 Å². The first-order valence-electron chi connectivity index (χ1n) is 20.6. The lowest BCUT2D eigenvalue weighted by Gasteiger charge is -2.26. The van der Waals surface area contributed by atoms with Crippen LogP contribution in [0, 0.1) is 6.92 Å². The highest BCUT2D eigenvalue weighted by Gasteiger charge is 2.26. The molecule has 304 valence electrons. The molecule has 2 fully saturated rings. The van der Waals surface area contributed by atoms with Crippen LogP contribution in [0.25, 0.3) is 11.1 Å². The highest BCUT2D eigenvalue weighted by Crippen LogP contribution is 2.35. The molecular formula is C47H55ClN6O4. The lowest BCUT2D eigenvalue weighted by molar-refractivity contribution is -0.111. The molecular weight excluding hydrogens is 748 g/mol. The minimum atomic E-state index is -0.119. The van der Waals surface area contributed by atoms with Crippen molar-refractivity contribution in [2.24, 2.45) is 0 Å². The van der Waals surface area contributed by atoms with Gasteiger partial charge < -0.3 is 30.7 Å². The van der Waals surface area contributed by atoms with Crippen molar-refractivity contribution >= 4 is 57.3 Å². The number of carbonyl (C=O) groups is 2. The second kappa shape index (κ2) is 20.6. The molecule has 0 saturated carbocycles. The first kappa shape index (κ1) is 41.2. The summed E-state index contributed by atoms with van der Waals surface area (Å²) in [6.45, 7) is 12.1. The van der Waals surface area contributed by atoms with E-state index in [1.54, 1.807) is 12.3 Å². The Kier molecular flexibility index (Phi) is 14.7. The third-order valence-corrected chi connectivity index (χ3v) is 11.3. The monoisotopic (exact) mass is 802 g/mol. The van der Waals surface area contributed by atoms with Crippen molar-refractivity contribution in [2.45, 2.75) is 45.4 Å². The Bertz CT molecular complexity index is 2070. The van der Waals surface area contributed by atoms with E-state index in [0.717, 1.165) is 111 Å². The number of fused-ring (bicyclic) bond motifs is 2. The average Bonchev–Trinajstić information content (AvgIpc) is 3.75. The summed E-state index contributed by atoms with van der Waals surface area (Å²) in [5.41, 5.74) is 10.5. The van der Waals surface area contributed by atoms with Gasteiger partial charge in [0.25, 0.3) is 11.8 Å². The number of anilines is 4. The summed E-state index contributed by atoms with van der Waals surface area (Å²) in [5.74, 6) is -0.176. The quantitative estimate of drug-likeness (QED) is 0.0744. The zero-order valence-electron chi connectivity index (χ0n) is 33.5. The summed E-state index contributed by atoms with van der Waals surface area (Å²) >= 11 is 6.07. The van der Waals surface area contributed by atoms with Gasteiger partial charge in [-0.2, -0.15) is 0 Å². The number of carbonyl (C=O) groups excluding carboxylic acids is 2. The number of nitrogens with zero attached hydrogens (tertiary/aromatic N) is 2. The standard InChI is InChI=1S/C24H29N3O2.C23H26ClN3O2/c1-18-5-4-7-22-23(18)21(24(28)26-22)17-25-20-10-8-19(9-11-20)6-2-3-12-27-13-15-29-16-14-27;24-18-6-9-22-20(15-18)21(23(28)26-22)16-25-19-7-4-17(5-8-19)3-1-2-10-27-11-13-29-14-12-27/h4-5,7-11,17,25H,2-3,6,12-16H2,1H3,(H,26,28);4-9,15-16,25H,1-3,10-14H2,(H,26,28). The first-order chi connectivity index (χ1) is 28.4. The smallest absolute Gasteiger partial charge is 0.257 e. The SMILES string of the molecule is Cc1cccc2c1C(=CNc1ccc(CCCCN3CCOCC3)cc1)C(=O)N2.O=C1Nc2ccc(Cl)cc2C1=CNc1ccc(CCCCN2CCOCC2)cc1. The van der Waals surface area contributed by atoms with Crippen LogP contribution >= 0.6 is 11.6 Å². The largest absolute Gasteiger partial charge is 0.379 e. The van der Waals surface area contributed by atoms with E-state index in [2.05, 4.69) is 79.6 Å². The van der Waals surface area contributed by atoms with Gasteiger partial charge in [0.1, 0.15) is 0 Å². The van der Waals surface area contributed by atoms with Crippen LogP contribution in [0.4, 0.5) is 22.7 Å². The summed E-state index contributed by atoms with van der Waals surface area (Å²) in [6.07, 6.45) is 10.6. The first-order valence-corrected chi connectivity index (χ1v) is 21.0. The van der Waals surface area contributed by atoms with Crippen LogP contribution in [0.15, 0.2) is 97.3 Å². The molecule has 11 heteroatoms. The Balaban J connectivity index is 0.000000177. The molecule has 2 saturated heterocycles. The normalized spacial score (nSPS) is 18.0. The lowest BCUT2D eigenvalue weighted by Crippen LogP contribution is -2.36. The second-order valence-electron chi connectivity index (χ2n) is 15.2. The van der Waals surface area contributed by atoms with E-state index in [9.17, 15) is 9.59 Å². The third kappa shape index (κ3) is 11.4. The topological polar surface area (TPSA) is 107 Å². The number of nitrogens with one attached hydrogen (secondary N) is 4. The van der Waals surface area contributed by atoms with Gasteiger partial charge in [-0.1, -0.05) is 48.0 Å². The molecule has 0 bridgehead atoms. The molecule has 4 aliphatic rings. The number of ether oxygens (including phenoxy) is 2. The molecule has 2 amide bonds. The highest BCUT2D eigenvalue weighted by atomic mass is 35.5. The van der Waals surface area contributed by atoms with Gasteiger partial charge >= 0.3 is 0 Å². The minimum absolute atomic E-state index is 0.0568. The summed E-state index contributed by atoms with van der Waals surface area (Å²) < 4.78 is 10.8. The molecule has 4 aromatic carbocycles. The predicted molar refractivity (Wildman–Crippen MR) is 236 cm³/mol. The minimum Gasteiger partial charge on any atom is -0.379 e. The molecule has 0 spiro atoms. The Morgan fingerprint density at radius 1 is 0.638 bits per heavy atom. The van der Waals surface area contributed by atoms with E-state index in [0.29, 0.717) is 16.2 Å². The van der Waals surface area contributed by atoms with Gasteiger partial charge in [-0.3, -0.25) is 19.4 Å². The van der Waals surface area contributed by atoms with E-state index in [1.807, 2.05) is 43.5 Å². The number of hydrogen-bond acceptors (Lipinski definition) is 8. The van der Waals surface area contributed by atoms with Crippen LogP contribution in [-0.4, -0.2) is 87.3 Å². The fourth-order valence-corrected chi connectivity index (χ4v) is 7.87. The summed E-state index contributed by atoms with van der Waals surface area (Å²) in [4.78, 5) is 29.5. The van der Waals surface area contributed by atoms with Crippen LogP contribution in [0.5, 0.6) is 0 Å². The van der Waals surface area contributed by atoms with Crippen molar-refractivity contribution in [1.82, 2.24) is 9.80 Å². The van der Waals surface area contributed by atoms with Crippen LogP contribution in [0.3, 0.4) is 0 Å². The zero-order chi connectivity index (χ0) is 40.1. The number of halogens is 1. The fraction of sp³-hybridized carbons (Fsp3) is 0.362. The molecule has 0 unspecified atom stereocenters. The third-order valence-electron chi connectivity index (χ3n) is 11.1. The van der Waals surface area contributed by atoms with Crippen LogP contribution in [-0.2, 0) is 31.9 Å². The Hall–Kier alpha value is -4.97. The van der Waals surface area contributed by atoms with Gasteiger partial charge in [-0.05, 0) is 124 Å². The maximum atomic E-state index is 12.3. The van der Waals surface area contributed by atoms with E-state index in [1.165, 1.54) is 43.4 Å². The number of amides is 2. The van der Waals surface area contributed by atoms with Crippen LogP contribution in [0.2, 0.25) is 5.02 Å². The maximum Gasteiger partial charge on any atom is 0.257 e. The number of unbranched alkanes of at least 4 members (excludes halogenated alkanes) is 2. The molecule has 8 rings (SSSR count). The predicted octanol–water partition coefficient (Wildman–Crippen LogP) is 8.46. The van der Waals surface area contributed by atoms with Crippen molar-refractivity contribution in [3.05, 3.63) is 130 Å². The maximum absolute atomic E-state index is 12.3. The lowest BCUT2D eigenvalue weighted by atomic mass is 10.0. The molecule has 4 heterocycles. The molecule has 58 heavy (non-hydrogen) atoms. The number of hydrogen-bond donors (Lipinski definition) is 4. The van der Waals surface area contributed by atoms with Crippen LogP contribution in [0.1, 0.15) is 53.5 Å². The molecule has 4 aromatic rings. The van der Waals surface area contributed by atoms with E-state index in [-0.39, 0.29) is 11.8 Å². The number of rotatable bonds is 14. The van der Waals surface area contributed by atoms with E-state index < -0.39 is 0 Å². The molecule has 0 atom stereocenters. The van der Waals surface area contributed by atoms with Gasteiger partial charge in [0.05, 0.1) is 37.6 Å². The highest BCUT2D eigenvalue weighted by molar-refractivity contribution is 6.35. The van der Waals surface area contributed by atoms with Crippen molar-refractivity contribution in [1.29, 1.82) is 0 Å². The molecule has 0 aromatic heterocycles. The molecule has 4 N–H and O–H groups in total. The summed E-state index contributed by atoms with van der Waals surface area (Å²) in [7, 11) is 0. The van der Waals surface area contributed by atoms with Gasteiger partial charge in [0, 0.05) is 77.5 Å². The molecule has 4 aliphatic heterocycles. The van der Waals surface area contributed by atoms with Gasteiger partial charge in [0.2, 0.25) is 0 Å². The van der Waals surface area contributed by atoms with E-state index >= 15 is 0 Å². The zero-order valence-corrected chi connectivity index (χ0v) is 34.2. The number of aryl methyl sites for hydroxylation is 3. The Labute approximate surface area is 347 Å². The van der Waals surface area contributed by atoms with Gasteiger partial charge in [-0.15, -0.1) is 0 Å². The molecule has 10 nitrogen and oxygen atoms in total. The molecule has 0 radical (unpaired) electrons. The number of benzene rings is 4. The average molecular weight is 803 g/mol. The van der Waals surface area contributed by atoms with Crippen LogP contribution < -0.4 is 21.3 Å². The van der Waals surface area contributed by atoms with Gasteiger partial charge in [0.15, 0.2) is 0 Å². The number of morpholine rings is 2. The summed E-state index contributed by atoms with van der Waals surface area (Å²) in [5, 5.41) is 12.9. The molecule has 0 aliphatic carbocycles. The second-order valence-corrected chi connectivity index (χ2v) is 15.7. The fourth-order valence-electron chi connectivity index (χ4n) is 7.70. The Morgan fingerprint density at radius 2 is 1.16 bits per heavy atom. The van der Waals surface area contributed by atoms with Crippen molar-refractivity contribution < 1.29 is 19.1 Å². The van der Waals surface area contributed by atoms with E-state index in [4.69, 9.17) is 21.1 Å². The van der Waals surface area contributed by atoms with Crippen molar-refractivity contribution in [2.75, 3.05) is 87.0 Å². The van der Waals surface area contributed by atoms with Crippen molar-refractivity contribution in [3.8, 4) is 0 Å². The Morgan fingerprint density at radius 3 is 1.72 bits per heavy atom. The van der Waals surface area contributed by atoms with Crippen molar-refractivity contribution in [3.63, 3.8) is 0 Å².